The van der Waals surface area contributed by atoms with Crippen molar-refractivity contribution in [3.8, 4) is 0 Å². The summed E-state index contributed by atoms with van der Waals surface area (Å²) in [6.07, 6.45) is 13.5. The smallest absolute Gasteiger partial charge is 0.106 e. The first-order valence-corrected chi connectivity index (χ1v) is 8.20. The minimum Gasteiger partial charge on any atom is -0.381 e. The number of aryl methyl sites for hydroxylation is 1. The van der Waals surface area contributed by atoms with Gasteiger partial charge in [-0.15, -0.1) is 0 Å². The van der Waals surface area contributed by atoms with Gasteiger partial charge in [-0.1, -0.05) is 32.6 Å². The number of H-pyrrole nitrogens is 1. The summed E-state index contributed by atoms with van der Waals surface area (Å²) < 4.78 is 5.62. The molecule has 0 aliphatic carbocycles. The molecule has 2 N–H and O–H groups in total. The predicted molar refractivity (Wildman–Crippen MR) is 84.0 cm³/mol. The Bertz CT molecular complexity index is 288. The van der Waals surface area contributed by atoms with E-state index in [1.165, 1.54) is 32.1 Å². The summed E-state index contributed by atoms with van der Waals surface area (Å²) in [5.74, 6) is 1.08. The Kier molecular flexibility index (Phi) is 11.3. The zero-order valence-electron chi connectivity index (χ0n) is 13.0. The summed E-state index contributed by atoms with van der Waals surface area (Å²) in [4.78, 5) is 7.33. The van der Waals surface area contributed by atoms with Crippen LogP contribution in [0.3, 0.4) is 0 Å². The zero-order valence-corrected chi connectivity index (χ0v) is 13.0. The van der Waals surface area contributed by atoms with Gasteiger partial charge in [0.25, 0.3) is 0 Å². The van der Waals surface area contributed by atoms with E-state index in [0.29, 0.717) is 0 Å². The van der Waals surface area contributed by atoms with E-state index in [1.807, 2.05) is 12.4 Å². The molecule has 0 unspecified atom stereocenters. The molecule has 0 aliphatic heterocycles. The first-order valence-electron chi connectivity index (χ1n) is 8.20. The van der Waals surface area contributed by atoms with Crippen LogP contribution in [0, 0.1) is 0 Å². The van der Waals surface area contributed by atoms with Gasteiger partial charge in [-0.2, -0.15) is 0 Å². The fraction of sp³-hybridized carbons (Fsp3) is 0.812. The van der Waals surface area contributed by atoms with E-state index in [2.05, 4.69) is 22.2 Å². The minimum atomic E-state index is 0.888. The van der Waals surface area contributed by atoms with Crippen molar-refractivity contribution < 1.29 is 4.74 Å². The summed E-state index contributed by atoms with van der Waals surface area (Å²) >= 11 is 0. The molecule has 0 amide bonds. The van der Waals surface area contributed by atoms with E-state index in [9.17, 15) is 0 Å². The zero-order chi connectivity index (χ0) is 14.3. The lowest BCUT2D eigenvalue weighted by Crippen LogP contribution is -2.18. The van der Waals surface area contributed by atoms with Crippen molar-refractivity contribution in [1.29, 1.82) is 0 Å². The number of ether oxygens (including phenoxy) is 1. The number of hydrogen-bond donors (Lipinski definition) is 2. The lowest BCUT2D eigenvalue weighted by Gasteiger charge is -2.05. The molecule has 0 spiro atoms. The van der Waals surface area contributed by atoms with Crippen molar-refractivity contribution in [2.45, 2.75) is 58.3 Å². The van der Waals surface area contributed by atoms with E-state index in [-0.39, 0.29) is 0 Å². The lowest BCUT2D eigenvalue weighted by atomic mass is 10.2. The molecule has 1 aromatic rings. The molecule has 0 bridgehead atoms. The summed E-state index contributed by atoms with van der Waals surface area (Å²) in [7, 11) is 0. The van der Waals surface area contributed by atoms with Crippen LogP contribution in [0.15, 0.2) is 12.4 Å². The van der Waals surface area contributed by atoms with Gasteiger partial charge < -0.3 is 15.0 Å². The van der Waals surface area contributed by atoms with Crippen LogP contribution in [0.2, 0.25) is 0 Å². The van der Waals surface area contributed by atoms with Gasteiger partial charge >= 0.3 is 0 Å². The quantitative estimate of drug-likeness (QED) is 0.514. The highest BCUT2D eigenvalue weighted by molar-refractivity contribution is 4.86. The molecule has 0 saturated carbocycles. The number of aromatic amines is 1. The molecule has 20 heavy (non-hydrogen) atoms. The molecular formula is C16H31N3O. The maximum Gasteiger partial charge on any atom is 0.106 e. The van der Waals surface area contributed by atoms with Crippen LogP contribution in [0.4, 0.5) is 0 Å². The number of unbranched alkanes of at least 4 members (excludes halogenated alkanes) is 4. The average Bonchev–Trinajstić information content (AvgIpc) is 2.97. The molecule has 116 valence electrons. The van der Waals surface area contributed by atoms with E-state index >= 15 is 0 Å². The van der Waals surface area contributed by atoms with Crippen LogP contribution in [-0.2, 0) is 11.2 Å². The molecule has 4 heteroatoms. The molecule has 0 aliphatic rings. The second kappa shape index (κ2) is 13.1. The minimum absolute atomic E-state index is 0.888. The van der Waals surface area contributed by atoms with E-state index < -0.39 is 0 Å². The Hall–Kier alpha value is -0.870. The highest BCUT2D eigenvalue weighted by Gasteiger charge is 1.95. The maximum atomic E-state index is 5.62. The van der Waals surface area contributed by atoms with Gasteiger partial charge in [0.05, 0.1) is 0 Å². The molecule has 0 saturated heterocycles. The Labute approximate surface area is 123 Å². The number of hydrogen-bond acceptors (Lipinski definition) is 3. The van der Waals surface area contributed by atoms with Gasteiger partial charge in [0, 0.05) is 32.0 Å². The van der Waals surface area contributed by atoms with Crippen molar-refractivity contribution in [2.24, 2.45) is 0 Å². The second-order valence-electron chi connectivity index (χ2n) is 5.27. The molecule has 1 aromatic heterocycles. The first kappa shape index (κ1) is 17.2. The molecule has 0 atom stereocenters. The third kappa shape index (κ3) is 9.98. The van der Waals surface area contributed by atoms with Crippen molar-refractivity contribution in [3.63, 3.8) is 0 Å². The first-order chi connectivity index (χ1) is 9.93. The molecule has 1 heterocycles. The molecular weight excluding hydrogens is 250 g/mol. The normalized spacial score (nSPS) is 11.1. The predicted octanol–water partition coefficient (Wildman–Crippen LogP) is 3.31. The van der Waals surface area contributed by atoms with Crippen LogP contribution in [0.25, 0.3) is 0 Å². The van der Waals surface area contributed by atoms with Crippen molar-refractivity contribution in [3.05, 3.63) is 18.2 Å². The fourth-order valence-corrected chi connectivity index (χ4v) is 2.15. The lowest BCUT2D eigenvalue weighted by molar-refractivity contribution is 0.127. The fourth-order valence-electron chi connectivity index (χ4n) is 2.15. The van der Waals surface area contributed by atoms with Crippen molar-refractivity contribution in [1.82, 2.24) is 15.3 Å². The van der Waals surface area contributed by atoms with Gasteiger partial charge in [-0.25, -0.2) is 4.98 Å². The van der Waals surface area contributed by atoms with Crippen LogP contribution >= 0.6 is 0 Å². The van der Waals surface area contributed by atoms with Gasteiger partial charge in [0.1, 0.15) is 5.82 Å². The Morgan fingerprint density at radius 1 is 1.05 bits per heavy atom. The monoisotopic (exact) mass is 281 g/mol. The Morgan fingerprint density at radius 3 is 2.65 bits per heavy atom. The largest absolute Gasteiger partial charge is 0.381 e. The van der Waals surface area contributed by atoms with Crippen LogP contribution in [-0.4, -0.2) is 36.3 Å². The number of rotatable bonds is 14. The van der Waals surface area contributed by atoms with Gasteiger partial charge in [-0.05, 0) is 32.4 Å². The van der Waals surface area contributed by atoms with E-state index in [4.69, 9.17) is 4.74 Å². The number of imidazole rings is 1. The second-order valence-corrected chi connectivity index (χ2v) is 5.27. The third-order valence-corrected chi connectivity index (χ3v) is 3.36. The Balaban J connectivity index is 1.70. The number of aromatic nitrogens is 2. The van der Waals surface area contributed by atoms with Crippen LogP contribution in [0.5, 0.6) is 0 Å². The molecule has 0 radical (unpaired) electrons. The summed E-state index contributed by atoms with van der Waals surface area (Å²) in [5.41, 5.74) is 0. The number of nitrogens with one attached hydrogen (secondary N) is 2. The summed E-state index contributed by atoms with van der Waals surface area (Å²) in [6, 6.07) is 0. The van der Waals surface area contributed by atoms with E-state index in [1.54, 1.807) is 0 Å². The van der Waals surface area contributed by atoms with Gasteiger partial charge in [0.2, 0.25) is 0 Å². The summed E-state index contributed by atoms with van der Waals surface area (Å²) in [5, 5.41) is 3.44. The molecule has 0 aromatic carbocycles. The van der Waals surface area contributed by atoms with Crippen LogP contribution < -0.4 is 5.32 Å². The molecule has 1 rings (SSSR count). The standard InChI is InChI=1S/C16H31N3O/c1-2-3-4-5-6-14-20-15-8-11-17-10-7-9-16-18-12-13-19-16/h12-13,17H,2-11,14-15H2,1H3,(H,18,19). The number of nitrogens with zero attached hydrogens (tertiary/aromatic N) is 1. The van der Waals surface area contributed by atoms with Crippen molar-refractivity contribution in [2.75, 3.05) is 26.3 Å². The highest BCUT2D eigenvalue weighted by atomic mass is 16.5. The van der Waals surface area contributed by atoms with Crippen LogP contribution in [0.1, 0.15) is 57.7 Å². The molecule has 4 nitrogen and oxygen atoms in total. The topological polar surface area (TPSA) is 49.9 Å². The third-order valence-electron chi connectivity index (χ3n) is 3.36. The van der Waals surface area contributed by atoms with E-state index in [0.717, 1.165) is 51.4 Å². The van der Waals surface area contributed by atoms with Gasteiger partial charge in [0.15, 0.2) is 0 Å². The van der Waals surface area contributed by atoms with Gasteiger partial charge in [-0.3, -0.25) is 0 Å². The maximum absolute atomic E-state index is 5.62. The van der Waals surface area contributed by atoms with Crippen molar-refractivity contribution >= 4 is 0 Å². The average molecular weight is 281 g/mol. The SMILES string of the molecule is CCCCCCCOCCCNCCCc1ncc[nH]1. The molecule has 0 fully saturated rings. The highest BCUT2D eigenvalue weighted by Crippen LogP contribution is 2.02. The summed E-state index contributed by atoms with van der Waals surface area (Å²) in [6.45, 7) is 6.17. The Morgan fingerprint density at radius 2 is 1.85 bits per heavy atom.